The van der Waals surface area contributed by atoms with Gasteiger partial charge in [0, 0.05) is 18.7 Å². The van der Waals surface area contributed by atoms with Crippen LogP contribution in [0.3, 0.4) is 0 Å². The number of nitrogens with one attached hydrogen (secondary N) is 1. The molecular weight excluding hydrogens is 214 g/mol. The van der Waals surface area contributed by atoms with Crippen LogP contribution in [0.4, 0.5) is 5.69 Å². The van der Waals surface area contributed by atoms with Gasteiger partial charge < -0.3 is 10.4 Å². The zero-order valence-electron chi connectivity index (χ0n) is 10.7. The minimum absolute atomic E-state index is 0.132. The molecule has 0 aliphatic heterocycles. The highest BCUT2D eigenvalue weighted by Crippen LogP contribution is 2.23. The molecule has 1 unspecified atom stereocenters. The molecule has 2 N–H and O–H groups in total. The van der Waals surface area contributed by atoms with Crippen LogP contribution < -0.4 is 5.32 Å². The number of anilines is 1. The average molecular weight is 235 g/mol. The van der Waals surface area contributed by atoms with Gasteiger partial charge >= 0.3 is 5.97 Å². The lowest BCUT2D eigenvalue weighted by molar-refractivity contribution is -0.137. The van der Waals surface area contributed by atoms with E-state index >= 15 is 0 Å². The number of aliphatic carboxylic acids is 1. The summed E-state index contributed by atoms with van der Waals surface area (Å²) in [5.41, 5.74) is 2.38. The zero-order chi connectivity index (χ0) is 12.8. The Kier molecular flexibility index (Phi) is 5.01. The summed E-state index contributed by atoms with van der Waals surface area (Å²) in [5, 5.41) is 12.0. The van der Waals surface area contributed by atoms with Gasteiger partial charge in [0.2, 0.25) is 0 Å². The van der Waals surface area contributed by atoms with Crippen molar-refractivity contribution in [2.24, 2.45) is 5.92 Å². The topological polar surface area (TPSA) is 49.3 Å². The molecule has 0 aliphatic rings. The van der Waals surface area contributed by atoms with Crippen LogP contribution in [0.15, 0.2) is 24.3 Å². The van der Waals surface area contributed by atoms with Gasteiger partial charge in [0.1, 0.15) is 0 Å². The summed E-state index contributed by atoms with van der Waals surface area (Å²) in [5.74, 6) is -0.141. The standard InChI is InChI=1S/C14H21NO2/c1-10(2)12-6-4-5-7-13(12)15-9-11(3)8-14(16)17/h4-7,10-11,15H,8-9H2,1-3H3,(H,16,17). The van der Waals surface area contributed by atoms with Crippen LogP contribution >= 0.6 is 0 Å². The van der Waals surface area contributed by atoms with Crippen molar-refractivity contribution >= 4 is 11.7 Å². The Morgan fingerprint density at radius 2 is 1.94 bits per heavy atom. The Hall–Kier alpha value is -1.51. The van der Waals surface area contributed by atoms with E-state index in [-0.39, 0.29) is 12.3 Å². The summed E-state index contributed by atoms with van der Waals surface area (Å²) in [6.07, 6.45) is 0.205. The maximum Gasteiger partial charge on any atom is 0.303 e. The predicted octanol–water partition coefficient (Wildman–Crippen LogP) is 3.33. The van der Waals surface area contributed by atoms with Gasteiger partial charge in [-0.3, -0.25) is 4.79 Å². The molecule has 0 radical (unpaired) electrons. The highest BCUT2D eigenvalue weighted by molar-refractivity contribution is 5.67. The molecule has 0 aliphatic carbocycles. The molecule has 0 aromatic heterocycles. The molecular formula is C14H21NO2. The second-order valence-electron chi connectivity index (χ2n) is 4.83. The van der Waals surface area contributed by atoms with Gasteiger partial charge in [0.25, 0.3) is 0 Å². The summed E-state index contributed by atoms with van der Waals surface area (Å²) in [6.45, 7) is 6.94. The Balaban J connectivity index is 2.60. The third-order valence-electron chi connectivity index (χ3n) is 2.75. The molecule has 0 spiro atoms. The van der Waals surface area contributed by atoms with E-state index in [9.17, 15) is 4.79 Å². The van der Waals surface area contributed by atoms with E-state index in [1.54, 1.807) is 0 Å². The molecule has 1 aromatic rings. The van der Waals surface area contributed by atoms with Gasteiger partial charge in [-0.2, -0.15) is 0 Å². The molecule has 1 rings (SSSR count). The highest BCUT2D eigenvalue weighted by Gasteiger charge is 2.09. The van der Waals surface area contributed by atoms with Crippen LogP contribution in [0.1, 0.15) is 38.7 Å². The van der Waals surface area contributed by atoms with E-state index in [4.69, 9.17) is 5.11 Å². The molecule has 3 nitrogen and oxygen atoms in total. The summed E-state index contributed by atoms with van der Waals surface area (Å²) < 4.78 is 0. The number of carboxylic acid groups (broad SMARTS) is 1. The lowest BCUT2D eigenvalue weighted by Crippen LogP contribution is -2.15. The maximum atomic E-state index is 10.6. The van der Waals surface area contributed by atoms with Gasteiger partial charge in [-0.15, -0.1) is 0 Å². The van der Waals surface area contributed by atoms with Crippen LogP contribution in [-0.4, -0.2) is 17.6 Å². The van der Waals surface area contributed by atoms with Gasteiger partial charge in [-0.25, -0.2) is 0 Å². The molecule has 0 amide bonds. The second kappa shape index (κ2) is 6.28. The van der Waals surface area contributed by atoms with E-state index in [0.717, 1.165) is 5.69 Å². The third-order valence-corrected chi connectivity index (χ3v) is 2.75. The van der Waals surface area contributed by atoms with Gasteiger partial charge in [-0.05, 0) is 23.5 Å². The fourth-order valence-electron chi connectivity index (χ4n) is 1.82. The largest absolute Gasteiger partial charge is 0.481 e. The van der Waals surface area contributed by atoms with E-state index in [0.29, 0.717) is 12.5 Å². The Bertz CT molecular complexity index is 374. The molecule has 0 fully saturated rings. The van der Waals surface area contributed by atoms with Crippen LogP contribution in [-0.2, 0) is 4.79 Å². The van der Waals surface area contributed by atoms with Crippen LogP contribution in [0.2, 0.25) is 0 Å². The Labute approximate surface area is 103 Å². The van der Waals surface area contributed by atoms with Crippen molar-refractivity contribution in [1.82, 2.24) is 0 Å². The molecule has 1 aromatic carbocycles. The smallest absolute Gasteiger partial charge is 0.303 e. The molecule has 3 heteroatoms. The highest BCUT2D eigenvalue weighted by atomic mass is 16.4. The number of carbonyl (C=O) groups is 1. The molecule has 94 valence electrons. The normalized spacial score (nSPS) is 12.5. The quantitative estimate of drug-likeness (QED) is 0.795. The SMILES string of the molecule is CC(CNc1ccccc1C(C)C)CC(=O)O. The zero-order valence-corrected chi connectivity index (χ0v) is 10.7. The summed E-state index contributed by atoms with van der Waals surface area (Å²) in [4.78, 5) is 10.6. The lowest BCUT2D eigenvalue weighted by atomic mass is 10.0. The van der Waals surface area contributed by atoms with E-state index in [2.05, 4.69) is 25.2 Å². The number of carboxylic acids is 1. The minimum Gasteiger partial charge on any atom is -0.481 e. The molecule has 0 bridgehead atoms. The van der Waals surface area contributed by atoms with Crippen LogP contribution in [0.5, 0.6) is 0 Å². The van der Waals surface area contributed by atoms with Gasteiger partial charge in [0.15, 0.2) is 0 Å². The number of para-hydroxylation sites is 1. The van der Waals surface area contributed by atoms with Crippen molar-refractivity contribution in [3.8, 4) is 0 Å². The first kappa shape index (κ1) is 13.6. The minimum atomic E-state index is -0.739. The Morgan fingerprint density at radius 3 is 2.53 bits per heavy atom. The first-order valence-corrected chi connectivity index (χ1v) is 6.05. The molecule has 0 heterocycles. The van der Waals surface area contributed by atoms with Crippen molar-refractivity contribution in [1.29, 1.82) is 0 Å². The van der Waals surface area contributed by atoms with Gasteiger partial charge in [-0.1, -0.05) is 39.0 Å². The number of hydrogen-bond donors (Lipinski definition) is 2. The van der Waals surface area contributed by atoms with Crippen molar-refractivity contribution in [2.75, 3.05) is 11.9 Å². The van der Waals surface area contributed by atoms with E-state index in [1.807, 2.05) is 25.1 Å². The lowest BCUT2D eigenvalue weighted by Gasteiger charge is -2.16. The number of hydrogen-bond acceptors (Lipinski definition) is 2. The van der Waals surface area contributed by atoms with Crippen LogP contribution in [0.25, 0.3) is 0 Å². The number of rotatable bonds is 6. The predicted molar refractivity (Wildman–Crippen MR) is 70.4 cm³/mol. The maximum absolute atomic E-state index is 10.6. The first-order chi connectivity index (χ1) is 8.00. The molecule has 0 saturated heterocycles. The van der Waals surface area contributed by atoms with Crippen LogP contribution in [0, 0.1) is 5.92 Å². The fourth-order valence-corrected chi connectivity index (χ4v) is 1.82. The second-order valence-corrected chi connectivity index (χ2v) is 4.83. The fraction of sp³-hybridized carbons (Fsp3) is 0.500. The van der Waals surface area contributed by atoms with E-state index in [1.165, 1.54) is 5.56 Å². The summed E-state index contributed by atoms with van der Waals surface area (Å²) >= 11 is 0. The molecule has 0 saturated carbocycles. The van der Waals surface area contributed by atoms with Gasteiger partial charge in [0.05, 0.1) is 0 Å². The first-order valence-electron chi connectivity index (χ1n) is 6.05. The summed E-state index contributed by atoms with van der Waals surface area (Å²) in [6, 6.07) is 8.18. The van der Waals surface area contributed by atoms with E-state index < -0.39 is 5.97 Å². The number of benzene rings is 1. The van der Waals surface area contributed by atoms with Crippen molar-refractivity contribution < 1.29 is 9.90 Å². The van der Waals surface area contributed by atoms with Crippen molar-refractivity contribution in [3.05, 3.63) is 29.8 Å². The monoisotopic (exact) mass is 235 g/mol. The third kappa shape index (κ3) is 4.47. The molecule has 17 heavy (non-hydrogen) atoms. The average Bonchev–Trinajstić information content (AvgIpc) is 2.25. The molecule has 1 atom stereocenters. The van der Waals surface area contributed by atoms with Crippen molar-refractivity contribution in [3.63, 3.8) is 0 Å². The van der Waals surface area contributed by atoms with Crippen molar-refractivity contribution in [2.45, 2.75) is 33.1 Å². The Morgan fingerprint density at radius 1 is 1.29 bits per heavy atom. The summed E-state index contributed by atoms with van der Waals surface area (Å²) in [7, 11) is 0.